The zero-order chi connectivity index (χ0) is 17.7. The third kappa shape index (κ3) is 4.95. The Kier molecular flexibility index (Phi) is 5.82. The van der Waals surface area contributed by atoms with Gasteiger partial charge in [0.2, 0.25) is 0 Å². The lowest BCUT2D eigenvalue weighted by Gasteiger charge is -2.17. The van der Waals surface area contributed by atoms with Crippen LogP contribution in [0.4, 0.5) is 0 Å². The Hall–Kier alpha value is -2.09. The first-order valence-electron chi connectivity index (χ1n) is 7.63. The van der Waals surface area contributed by atoms with Gasteiger partial charge >= 0.3 is 5.97 Å². The summed E-state index contributed by atoms with van der Waals surface area (Å²) in [6.07, 6.45) is -0.620. The minimum atomic E-state index is -3.07. The van der Waals surface area contributed by atoms with Crippen molar-refractivity contribution in [1.82, 2.24) is 5.32 Å². The summed E-state index contributed by atoms with van der Waals surface area (Å²) in [5.41, 5.74) is 0.666. The summed E-state index contributed by atoms with van der Waals surface area (Å²) in [5.74, 6) is -0.477. The molecule has 1 amide bonds. The number of carbonyl (C=O) groups is 2. The quantitative estimate of drug-likeness (QED) is 0.745. The molecule has 0 aliphatic carbocycles. The number of ether oxygens (including phenoxy) is 2. The molecule has 2 atom stereocenters. The Bertz CT molecular complexity index is 715. The number of methoxy groups -OCH3 is 1. The molecule has 1 fully saturated rings. The third-order valence-corrected chi connectivity index (χ3v) is 5.55. The number of para-hydroxylation sites is 1. The zero-order valence-corrected chi connectivity index (χ0v) is 14.5. The highest BCUT2D eigenvalue weighted by atomic mass is 32.2. The predicted molar refractivity (Wildman–Crippen MR) is 87.5 cm³/mol. The van der Waals surface area contributed by atoms with Gasteiger partial charge in [0.1, 0.15) is 5.75 Å². The molecule has 1 aliphatic rings. The van der Waals surface area contributed by atoms with Crippen molar-refractivity contribution in [2.75, 3.05) is 18.6 Å². The first kappa shape index (κ1) is 18.3. The highest BCUT2D eigenvalue weighted by Crippen LogP contribution is 2.18. The molecule has 8 heteroatoms. The minimum Gasteiger partial charge on any atom is -0.496 e. The van der Waals surface area contributed by atoms with E-state index in [0.29, 0.717) is 17.7 Å². The minimum absolute atomic E-state index is 0.0144. The molecule has 2 rings (SSSR count). The number of nitrogens with one attached hydrogen (secondary N) is 1. The van der Waals surface area contributed by atoms with Gasteiger partial charge in [-0.1, -0.05) is 18.2 Å². The fourth-order valence-corrected chi connectivity index (χ4v) is 4.20. The van der Waals surface area contributed by atoms with Crippen LogP contribution in [0, 0.1) is 0 Å². The molecule has 0 spiro atoms. The number of carbonyl (C=O) groups excluding carboxylic acids is 2. The second kappa shape index (κ2) is 7.65. The molecule has 0 radical (unpaired) electrons. The molecule has 24 heavy (non-hydrogen) atoms. The Balaban J connectivity index is 1.86. The van der Waals surface area contributed by atoms with Crippen LogP contribution >= 0.6 is 0 Å². The molecule has 1 saturated heterocycles. The van der Waals surface area contributed by atoms with Gasteiger partial charge in [-0.2, -0.15) is 0 Å². The van der Waals surface area contributed by atoms with Crippen molar-refractivity contribution >= 4 is 21.7 Å². The highest BCUT2D eigenvalue weighted by molar-refractivity contribution is 7.91. The van der Waals surface area contributed by atoms with Gasteiger partial charge in [0.25, 0.3) is 5.91 Å². The smallest absolute Gasteiger partial charge is 0.311 e. The SMILES string of the molecule is COc1ccccc1CC(=O)O[C@@H](C)C(=O)N[C@H]1CCS(=O)(=O)C1. The van der Waals surface area contributed by atoms with Gasteiger partial charge < -0.3 is 14.8 Å². The van der Waals surface area contributed by atoms with Gasteiger partial charge in [-0.15, -0.1) is 0 Å². The van der Waals surface area contributed by atoms with E-state index in [-0.39, 0.29) is 17.9 Å². The van der Waals surface area contributed by atoms with Crippen LogP contribution in [0.5, 0.6) is 5.75 Å². The molecule has 1 aromatic rings. The molecule has 1 N–H and O–H groups in total. The summed E-state index contributed by atoms with van der Waals surface area (Å²) in [6.45, 7) is 1.46. The van der Waals surface area contributed by atoms with Crippen LogP contribution in [0.1, 0.15) is 18.9 Å². The van der Waals surface area contributed by atoms with Crippen molar-refractivity contribution in [1.29, 1.82) is 0 Å². The summed E-state index contributed by atoms with van der Waals surface area (Å²) in [4.78, 5) is 24.0. The molecule has 1 aromatic carbocycles. The van der Waals surface area contributed by atoms with E-state index in [1.807, 2.05) is 0 Å². The van der Waals surface area contributed by atoms with Gasteiger partial charge in [-0.25, -0.2) is 8.42 Å². The Morgan fingerprint density at radius 2 is 2.04 bits per heavy atom. The zero-order valence-electron chi connectivity index (χ0n) is 13.7. The van der Waals surface area contributed by atoms with Gasteiger partial charge in [0.15, 0.2) is 15.9 Å². The van der Waals surface area contributed by atoms with Gasteiger partial charge in [-0.05, 0) is 19.4 Å². The number of benzene rings is 1. The van der Waals surface area contributed by atoms with Crippen LogP contribution in [-0.2, 0) is 30.6 Å². The summed E-state index contributed by atoms with van der Waals surface area (Å²) >= 11 is 0. The van der Waals surface area contributed by atoms with Crippen molar-refractivity contribution in [3.8, 4) is 5.75 Å². The van der Waals surface area contributed by atoms with E-state index < -0.39 is 33.9 Å². The second-order valence-corrected chi connectivity index (χ2v) is 7.96. The number of rotatable bonds is 6. The van der Waals surface area contributed by atoms with E-state index in [4.69, 9.17) is 9.47 Å². The summed E-state index contributed by atoms with van der Waals surface area (Å²) in [7, 11) is -1.56. The van der Waals surface area contributed by atoms with Crippen LogP contribution < -0.4 is 10.1 Å². The van der Waals surface area contributed by atoms with Crippen LogP contribution in [0.15, 0.2) is 24.3 Å². The number of hydrogen-bond acceptors (Lipinski definition) is 6. The predicted octanol–water partition coefficient (Wildman–Crippen LogP) is 0.473. The summed E-state index contributed by atoms with van der Waals surface area (Å²) < 4.78 is 33.1. The van der Waals surface area contributed by atoms with Gasteiger partial charge in [0, 0.05) is 11.6 Å². The molecule has 0 bridgehead atoms. The van der Waals surface area contributed by atoms with E-state index >= 15 is 0 Å². The lowest BCUT2D eigenvalue weighted by atomic mass is 10.1. The number of amides is 1. The van der Waals surface area contributed by atoms with Crippen LogP contribution in [-0.4, -0.2) is 51.1 Å². The molecule has 0 saturated carbocycles. The van der Waals surface area contributed by atoms with E-state index in [1.165, 1.54) is 14.0 Å². The van der Waals surface area contributed by atoms with Crippen molar-refractivity contribution in [3.05, 3.63) is 29.8 Å². The monoisotopic (exact) mass is 355 g/mol. The van der Waals surface area contributed by atoms with Crippen LogP contribution in [0.3, 0.4) is 0 Å². The van der Waals surface area contributed by atoms with Gasteiger partial charge in [0.05, 0.1) is 25.0 Å². The Morgan fingerprint density at radius 1 is 1.33 bits per heavy atom. The fourth-order valence-electron chi connectivity index (χ4n) is 2.52. The topological polar surface area (TPSA) is 98.8 Å². The maximum absolute atomic E-state index is 12.0. The lowest BCUT2D eigenvalue weighted by Crippen LogP contribution is -2.42. The van der Waals surface area contributed by atoms with Crippen molar-refractivity contribution < 1.29 is 27.5 Å². The first-order chi connectivity index (χ1) is 11.3. The first-order valence-corrected chi connectivity index (χ1v) is 9.45. The fraction of sp³-hybridized carbons (Fsp3) is 0.500. The highest BCUT2D eigenvalue weighted by Gasteiger charge is 2.30. The number of esters is 1. The van der Waals surface area contributed by atoms with E-state index in [0.717, 1.165) is 0 Å². The largest absolute Gasteiger partial charge is 0.496 e. The normalized spacial score (nSPS) is 20.2. The molecule has 0 unspecified atom stereocenters. The average molecular weight is 355 g/mol. The van der Waals surface area contributed by atoms with Crippen molar-refractivity contribution in [2.45, 2.75) is 31.9 Å². The molecular weight excluding hydrogens is 334 g/mol. The number of sulfone groups is 1. The lowest BCUT2D eigenvalue weighted by molar-refractivity contribution is -0.154. The molecule has 7 nitrogen and oxygen atoms in total. The van der Waals surface area contributed by atoms with Crippen molar-refractivity contribution in [2.24, 2.45) is 0 Å². The van der Waals surface area contributed by atoms with E-state index in [2.05, 4.69) is 5.32 Å². The molecule has 132 valence electrons. The maximum Gasteiger partial charge on any atom is 0.311 e. The Labute approximate surface area is 141 Å². The van der Waals surface area contributed by atoms with E-state index in [1.54, 1.807) is 24.3 Å². The van der Waals surface area contributed by atoms with Gasteiger partial charge in [-0.3, -0.25) is 9.59 Å². The van der Waals surface area contributed by atoms with E-state index in [9.17, 15) is 18.0 Å². The van der Waals surface area contributed by atoms with Crippen LogP contribution in [0.2, 0.25) is 0 Å². The summed E-state index contributed by atoms with van der Waals surface area (Å²) in [6, 6.07) is 6.63. The summed E-state index contributed by atoms with van der Waals surface area (Å²) in [5, 5.41) is 2.61. The molecule has 1 aliphatic heterocycles. The van der Waals surface area contributed by atoms with Crippen LogP contribution in [0.25, 0.3) is 0 Å². The third-order valence-electron chi connectivity index (χ3n) is 3.78. The number of hydrogen-bond donors (Lipinski definition) is 1. The Morgan fingerprint density at radius 3 is 2.67 bits per heavy atom. The maximum atomic E-state index is 12.0. The average Bonchev–Trinajstić information content (AvgIpc) is 2.86. The standard InChI is InChI=1S/C16H21NO6S/c1-11(16(19)17-13-7-8-24(20,21)10-13)23-15(18)9-12-5-3-4-6-14(12)22-2/h3-6,11,13H,7-10H2,1-2H3,(H,17,19)/t11-,13-/m0/s1. The second-order valence-electron chi connectivity index (χ2n) is 5.73. The molecular formula is C16H21NO6S. The molecule has 1 heterocycles. The van der Waals surface area contributed by atoms with Crippen molar-refractivity contribution in [3.63, 3.8) is 0 Å². The molecule has 0 aromatic heterocycles.